The quantitative estimate of drug-likeness (QED) is 0.226. The first-order valence-corrected chi connectivity index (χ1v) is 37.2. The number of hydrogen-bond acceptors (Lipinski definition) is 4. The summed E-state index contributed by atoms with van der Waals surface area (Å²) in [6, 6.07) is 0. The predicted molar refractivity (Wildman–Crippen MR) is 390 cm³/mol. The van der Waals surface area contributed by atoms with E-state index in [9.17, 15) is 0 Å². The second kappa shape index (κ2) is 49.5. The van der Waals surface area contributed by atoms with Crippen molar-refractivity contribution in [2.24, 2.45) is 67.5 Å². The summed E-state index contributed by atoms with van der Waals surface area (Å²) in [7, 11) is 0. The molecule has 0 spiro atoms. The van der Waals surface area contributed by atoms with Gasteiger partial charge >= 0.3 is 0 Å². The molecule has 0 aromatic rings. The van der Waals surface area contributed by atoms with E-state index in [1.807, 2.05) is 0 Å². The molecule has 9 rings (SSSR count). The van der Waals surface area contributed by atoms with Gasteiger partial charge in [0.05, 0.1) is 13.2 Å². The molecule has 3 heterocycles. The molecule has 0 aromatic heterocycles. The van der Waals surface area contributed by atoms with Crippen LogP contribution in [0, 0.1) is 67.5 Å². The van der Waals surface area contributed by atoms with Crippen LogP contribution in [-0.2, 0) is 14.2 Å². The molecule has 518 valence electrons. The summed E-state index contributed by atoms with van der Waals surface area (Å²) in [5, 5.41) is 0. The van der Waals surface area contributed by atoms with Crippen LogP contribution >= 0.6 is 0 Å². The third-order valence-electron chi connectivity index (χ3n) is 14.5. The number of rotatable bonds is 0. The Morgan fingerprint density at radius 1 is 0.271 bits per heavy atom. The average Bonchev–Trinajstić information content (AvgIpc) is 3.52. The Hall–Kier alpha value is -0.160. The minimum absolute atomic E-state index is 0.0151. The Kier molecular flexibility index (Phi) is 53.1. The lowest BCUT2D eigenvalue weighted by Gasteiger charge is -2.40. The first kappa shape index (κ1) is 91.3. The molecule has 9 fully saturated rings. The van der Waals surface area contributed by atoms with Gasteiger partial charge in [-0.3, -0.25) is 4.90 Å². The van der Waals surface area contributed by atoms with E-state index in [-0.39, 0.29) is 11.7 Å². The lowest BCUT2D eigenvalue weighted by molar-refractivity contribution is -0.239. The summed E-state index contributed by atoms with van der Waals surface area (Å²) < 4.78 is 16.1. The van der Waals surface area contributed by atoms with Crippen LogP contribution in [0.3, 0.4) is 0 Å². The fourth-order valence-electron chi connectivity index (χ4n) is 10.0. The van der Waals surface area contributed by atoms with Gasteiger partial charge in [0.15, 0.2) is 6.29 Å². The minimum Gasteiger partial charge on any atom is -0.381 e. The van der Waals surface area contributed by atoms with Crippen LogP contribution in [0.4, 0.5) is 0 Å². The zero-order valence-electron chi connectivity index (χ0n) is 65.6. The van der Waals surface area contributed by atoms with Crippen LogP contribution in [0.1, 0.15) is 407 Å². The topological polar surface area (TPSA) is 30.9 Å². The Labute approximate surface area is 542 Å². The van der Waals surface area contributed by atoms with Crippen molar-refractivity contribution in [2.75, 3.05) is 39.5 Å². The Bertz CT molecular complexity index is 1170. The lowest BCUT2D eigenvalue weighted by atomic mass is 9.86. The molecule has 3 saturated heterocycles. The van der Waals surface area contributed by atoms with Crippen LogP contribution < -0.4 is 0 Å². The summed E-state index contributed by atoms with van der Waals surface area (Å²) in [5.74, 6) is 4.86. The Morgan fingerprint density at radius 3 is 0.647 bits per heavy atom. The van der Waals surface area contributed by atoms with Gasteiger partial charge in [0.1, 0.15) is 0 Å². The molecule has 85 heavy (non-hydrogen) atoms. The molecular formula is C81H171NO3. The number of likely N-dealkylation sites (tertiary alicyclic amines) is 1. The molecule has 6 aliphatic carbocycles. The minimum atomic E-state index is -0.0151. The first-order chi connectivity index (χ1) is 38.6. The maximum Gasteiger partial charge on any atom is 0.162 e. The highest BCUT2D eigenvalue weighted by molar-refractivity contribution is 5.05. The monoisotopic (exact) mass is 1210 g/mol. The van der Waals surface area contributed by atoms with E-state index in [1.165, 1.54) is 206 Å². The van der Waals surface area contributed by atoms with Gasteiger partial charge < -0.3 is 14.2 Å². The molecule has 2 unspecified atom stereocenters. The highest BCUT2D eigenvalue weighted by Crippen LogP contribution is 2.64. The molecule has 2 atom stereocenters. The van der Waals surface area contributed by atoms with Crippen LogP contribution in [0.25, 0.3) is 0 Å². The van der Waals surface area contributed by atoms with Crippen LogP contribution in [0.2, 0.25) is 0 Å². The molecular weight excluding hydrogens is 1030 g/mol. The molecule has 0 aromatic carbocycles. The highest BCUT2D eigenvalue weighted by atomic mass is 16.7. The van der Waals surface area contributed by atoms with Crippen molar-refractivity contribution < 1.29 is 14.2 Å². The summed E-state index contributed by atoms with van der Waals surface area (Å²) in [6.45, 7) is 75.0. The van der Waals surface area contributed by atoms with Gasteiger partial charge in [0.25, 0.3) is 0 Å². The zero-order valence-corrected chi connectivity index (χ0v) is 65.6. The van der Waals surface area contributed by atoms with Gasteiger partial charge in [-0.25, -0.2) is 0 Å². The van der Waals surface area contributed by atoms with E-state index in [0.717, 1.165) is 50.1 Å². The molecule has 0 radical (unpaired) electrons. The van der Waals surface area contributed by atoms with Crippen molar-refractivity contribution in [3.8, 4) is 0 Å². The third-order valence-corrected chi connectivity index (χ3v) is 14.5. The van der Waals surface area contributed by atoms with Crippen molar-refractivity contribution in [1.29, 1.82) is 0 Å². The number of nitrogens with zero attached hydrogens (tertiary/aromatic N) is 1. The fraction of sp³-hybridized carbons (Fsp3) is 1.00. The fourth-order valence-corrected chi connectivity index (χ4v) is 10.0. The lowest BCUT2D eigenvalue weighted by Crippen LogP contribution is -2.45. The van der Waals surface area contributed by atoms with Crippen molar-refractivity contribution >= 4 is 0 Å². The van der Waals surface area contributed by atoms with Crippen molar-refractivity contribution in [3.63, 3.8) is 0 Å². The van der Waals surface area contributed by atoms with Gasteiger partial charge in [-0.05, 0) is 135 Å². The first-order valence-electron chi connectivity index (χ1n) is 37.2. The van der Waals surface area contributed by atoms with Crippen molar-refractivity contribution in [1.82, 2.24) is 4.90 Å². The summed E-state index contributed by atoms with van der Waals surface area (Å²) in [4.78, 5) is 2.59. The second-order valence-electron chi connectivity index (χ2n) is 38.9. The Morgan fingerprint density at radius 2 is 0.494 bits per heavy atom. The highest BCUT2D eigenvalue weighted by Gasteiger charge is 2.57. The Balaban J connectivity index is -0.000000424. The van der Waals surface area contributed by atoms with Crippen molar-refractivity contribution in [3.05, 3.63) is 0 Å². The molecule has 3 aliphatic heterocycles. The number of hydrogen-bond donors (Lipinski definition) is 0. The number of fused-ring (bicyclic) bond motifs is 1. The third kappa shape index (κ3) is 83.8. The van der Waals surface area contributed by atoms with Gasteiger partial charge in [0.2, 0.25) is 0 Å². The van der Waals surface area contributed by atoms with E-state index in [0.29, 0.717) is 43.9 Å². The summed E-state index contributed by atoms with van der Waals surface area (Å²) >= 11 is 0. The smallest absolute Gasteiger partial charge is 0.162 e. The molecule has 4 nitrogen and oxygen atoms in total. The summed E-state index contributed by atoms with van der Waals surface area (Å²) in [6.07, 6.45) is 44.3. The van der Waals surface area contributed by atoms with E-state index in [1.54, 1.807) is 0 Å². The average molecular weight is 1210 g/mol. The van der Waals surface area contributed by atoms with E-state index in [4.69, 9.17) is 14.2 Å². The van der Waals surface area contributed by atoms with Crippen molar-refractivity contribution in [2.45, 2.75) is 419 Å². The molecule has 0 N–H and O–H groups in total. The molecule has 6 saturated carbocycles. The summed E-state index contributed by atoms with van der Waals surface area (Å²) in [5.41, 5.74) is 3.61. The van der Waals surface area contributed by atoms with Crippen LogP contribution in [-0.4, -0.2) is 56.2 Å². The normalized spacial score (nSPS) is 24.2. The van der Waals surface area contributed by atoms with Crippen LogP contribution in [0.15, 0.2) is 0 Å². The predicted octanol–water partition coefficient (Wildman–Crippen LogP) is 27.7. The maximum atomic E-state index is 5.53. The molecule has 4 heteroatoms. The molecule has 0 bridgehead atoms. The van der Waals surface area contributed by atoms with Gasteiger partial charge in [-0.2, -0.15) is 0 Å². The van der Waals surface area contributed by atoms with E-state index < -0.39 is 0 Å². The largest absolute Gasteiger partial charge is 0.381 e. The van der Waals surface area contributed by atoms with E-state index >= 15 is 0 Å². The number of ether oxygens (including phenoxy) is 3. The van der Waals surface area contributed by atoms with Gasteiger partial charge in [0, 0.05) is 30.1 Å². The van der Waals surface area contributed by atoms with E-state index in [2.05, 4.69) is 220 Å². The number of piperidine rings is 1. The molecule has 9 aliphatic rings. The second-order valence-corrected chi connectivity index (χ2v) is 38.9. The standard InChI is InChI=1S/C10H21N.C10H18.C9H18O2.C7H14.C6H12.C5H10O.C5H10.5C5H12.C4H8/c1-9-5-7-11(8-6-9)10(2,3)4;1-10(2,3)9-7-5-4-6-8(7)9;1-7-5-10-8(11-6-7)9(2,3)4;1-2-4-6-7-5-3-1;2*1-2-4-6-5-3-1;1-2-4-5-3-1;5*1-5(2,3)4;1-2-4-3-1/h9H,5-8H2,1-4H3;7-9H,4-6H2,1-3H3;7-8H,5-6H2,1-4H3;1-7H2;1-6H2;1-5H2;1-5H2;5*1-4H3;1-4H2. The maximum absolute atomic E-state index is 5.53. The SMILES string of the molecule is C1CCC1.C1CCCC1.C1CCCCC1.C1CCCCCC1.C1CCOCC1.CC(C)(C)C.CC(C)(C)C.CC(C)(C)C.CC(C)(C)C.CC(C)(C)C.CC(C)(C)C1C2CCCC21.CC1CCN(C(C)(C)C)CC1.CC1COC(C(C)(C)C)OC1. The van der Waals surface area contributed by atoms with Gasteiger partial charge in [-0.15, -0.1) is 0 Å². The molecule has 0 amide bonds. The van der Waals surface area contributed by atoms with Crippen LogP contribution in [0.5, 0.6) is 0 Å². The zero-order chi connectivity index (χ0) is 66.6. The van der Waals surface area contributed by atoms with Gasteiger partial charge in [-0.1, -0.05) is 342 Å².